The summed E-state index contributed by atoms with van der Waals surface area (Å²) in [5.74, 6) is 2.53. The lowest BCUT2D eigenvalue weighted by Crippen LogP contribution is -2.21. The number of methoxy groups -OCH3 is 2. The minimum Gasteiger partial charge on any atom is -0.497 e. The first-order valence-electron chi connectivity index (χ1n) is 10.2. The first kappa shape index (κ1) is 22.3. The molecule has 2 aromatic rings. The Morgan fingerprint density at radius 1 is 0.714 bits per heavy atom. The number of aliphatic hydroxyl groups is 2. The third-order valence-corrected chi connectivity index (χ3v) is 5.41. The molecule has 0 radical (unpaired) electrons. The zero-order chi connectivity index (χ0) is 20.2. The Labute approximate surface area is 169 Å². The normalized spacial score (nSPS) is 13.1. The van der Waals surface area contributed by atoms with Gasteiger partial charge < -0.3 is 19.7 Å². The van der Waals surface area contributed by atoms with Crippen LogP contribution in [0.5, 0.6) is 11.5 Å². The molecule has 154 valence electrons. The predicted molar refractivity (Wildman–Crippen MR) is 113 cm³/mol. The third kappa shape index (κ3) is 7.17. The standard InChI is InChI=1S/C24H34O4/c1-27-23-10-5-7-19(17-23)15-21(9-3-4-13-25)22(12-14-26)16-20-8-6-11-24(18-20)28-2/h5-8,10-11,17-18,21-22,25-26H,3-4,9,12-16H2,1-2H3/t21-,22-/m1/s1. The highest BCUT2D eigenvalue weighted by Gasteiger charge is 2.22. The molecule has 0 amide bonds. The Morgan fingerprint density at radius 3 is 1.71 bits per heavy atom. The fraction of sp³-hybridized carbons (Fsp3) is 0.500. The summed E-state index contributed by atoms with van der Waals surface area (Å²) in [7, 11) is 3.38. The van der Waals surface area contributed by atoms with E-state index in [4.69, 9.17) is 9.47 Å². The summed E-state index contributed by atoms with van der Waals surface area (Å²) < 4.78 is 10.7. The number of hydrogen-bond donors (Lipinski definition) is 2. The van der Waals surface area contributed by atoms with Crippen LogP contribution in [0, 0.1) is 11.8 Å². The molecule has 0 saturated heterocycles. The highest BCUT2D eigenvalue weighted by Crippen LogP contribution is 2.30. The third-order valence-electron chi connectivity index (χ3n) is 5.41. The number of ether oxygens (including phenoxy) is 2. The average molecular weight is 387 g/mol. The molecule has 0 aliphatic rings. The number of unbranched alkanes of at least 4 members (excludes halogenated alkanes) is 1. The lowest BCUT2D eigenvalue weighted by Gasteiger charge is -2.28. The van der Waals surface area contributed by atoms with Crippen LogP contribution in [0.4, 0.5) is 0 Å². The van der Waals surface area contributed by atoms with E-state index in [0.717, 1.165) is 50.0 Å². The summed E-state index contributed by atoms with van der Waals surface area (Å²) in [5.41, 5.74) is 2.48. The van der Waals surface area contributed by atoms with Crippen LogP contribution in [-0.4, -0.2) is 37.6 Å². The van der Waals surface area contributed by atoms with Crippen molar-refractivity contribution >= 4 is 0 Å². The van der Waals surface area contributed by atoms with Gasteiger partial charge in [0.15, 0.2) is 0 Å². The molecule has 28 heavy (non-hydrogen) atoms. The molecular formula is C24H34O4. The molecule has 2 rings (SSSR count). The van der Waals surface area contributed by atoms with Crippen molar-refractivity contribution in [2.75, 3.05) is 27.4 Å². The van der Waals surface area contributed by atoms with Gasteiger partial charge in [0.1, 0.15) is 11.5 Å². The Bertz CT molecular complexity index is 686. The second kappa shape index (κ2) is 12.4. The lowest BCUT2D eigenvalue weighted by atomic mass is 9.78. The Hall–Kier alpha value is -2.04. The molecule has 0 aliphatic carbocycles. The van der Waals surface area contributed by atoms with Gasteiger partial charge in [-0.05, 0) is 79.3 Å². The maximum Gasteiger partial charge on any atom is 0.119 e. The summed E-state index contributed by atoms with van der Waals surface area (Å²) in [6.45, 7) is 0.412. The minimum atomic E-state index is 0.184. The van der Waals surface area contributed by atoms with Gasteiger partial charge in [-0.1, -0.05) is 30.7 Å². The van der Waals surface area contributed by atoms with Crippen LogP contribution in [0.2, 0.25) is 0 Å². The zero-order valence-electron chi connectivity index (χ0n) is 17.1. The van der Waals surface area contributed by atoms with Gasteiger partial charge in [0.2, 0.25) is 0 Å². The largest absolute Gasteiger partial charge is 0.497 e. The number of rotatable bonds is 13. The first-order chi connectivity index (χ1) is 13.7. The van der Waals surface area contributed by atoms with Crippen molar-refractivity contribution < 1.29 is 19.7 Å². The van der Waals surface area contributed by atoms with Crippen molar-refractivity contribution in [1.82, 2.24) is 0 Å². The van der Waals surface area contributed by atoms with Crippen LogP contribution in [-0.2, 0) is 12.8 Å². The highest BCUT2D eigenvalue weighted by atomic mass is 16.5. The second-order valence-corrected chi connectivity index (χ2v) is 7.36. The fourth-order valence-corrected chi connectivity index (χ4v) is 3.90. The summed E-state index contributed by atoms with van der Waals surface area (Å²) in [5, 5.41) is 18.9. The second-order valence-electron chi connectivity index (χ2n) is 7.36. The summed E-state index contributed by atoms with van der Waals surface area (Å²) in [4.78, 5) is 0. The van der Waals surface area contributed by atoms with E-state index in [9.17, 15) is 10.2 Å². The van der Waals surface area contributed by atoms with Crippen LogP contribution in [0.15, 0.2) is 48.5 Å². The van der Waals surface area contributed by atoms with Crippen LogP contribution in [0.25, 0.3) is 0 Å². The van der Waals surface area contributed by atoms with E-state index >= 15 is 0 Å². The van der Waals surface area contributed by atoms with Gasteiger partial charge in [-0.3, -0.25) is 0 Å². The smallest absolute Gasteiger partial charge is 0.119 e. The van der Waals surface area contributed by atoms with E-state index < -0.39 is 0 Å². The van der Waals surface area contributed by atoms with Crippen LogP contribution >= 0.6 is 0 Å². The molecule has 0 aromatic heterocycles. The molecule has 0 saturated carbocycles. The fourth-order valence-electron chi connectivity index (χ4n) is 3.90. The van der Waals surface area contributed by atoms with Crippen molar-refractivity contribution in [3.63, 3.8) is 0 Å². The SMILES string of the molecule is COc1cccc(C[C@@H](CCO)[C@H](CCCCO)Cc2cccc(OC)c2)c1. The Morgan fingerprint density at radius 2 is 1.25 bits per heavy atom. The van der Waals surface area contributed by atoms with Gasteiger partial charge in [-0.25, -0.2) is 0 Å². The Kier molecular flexibility index (Phi) is 9.87. The van der Waals surface area contributed by atoms with Gasteiger partial charge in [0, 0.05) is 13.2 Å². The quantitative estimate of drug-likeness (QED) is 0.505. The summed E-state index contributed by atoms with van der Waals surface area (Å²) >= 11 is 0. The molecule has 2 N–H and O–H groups in total. The highest BCUT2D eigenvalue weighted by molar-refractivity contribution is 5.30. The van der Waals surface area contributed by atoms with E-state index in [1.807, 2.05) is 24.3 Å². The molecule has 0 fully saturated rings. The summed E-state index contributed by atoms with van der Waals surface area (Å²) in [6, 6.07) is 16.4. The zero-order valence-corrected chi connectivity index (χ0v) is 17.1. The van der Waals surface area contributed by atoms with Crippen molar-refractivity contribution in [2.24, 2.45) is 11.8 Å². The minimum absolute atomic E-state index is 0.184. The van der Waals surface area contributed by atoms with Crippen molar-refractivity contribution in [2.45, 2.75) is 38.5 Å². The number of benzene rings is 2. The average Bonchev–Trinajstić information content (AvgIpc) is 2.73. The number of hydrogen-bond acceptors (Lipinski definition) is 4. The first-order valence-corrected chi connectivity index (χ1v) is 10.2. The van der Waals surface area contributed by atoms with E-state index in [-0.39, 0.29) is 13.2 Å². The lowest BCUT2D eigenvalue weighted by molar-refractivity contribution is 0.203. The molecule has 2 aromatic carbocycles. The van der Waals surface area contributed by atoms with Crippen LogP contribution in [0.3, 0.4) is 0 Å². The van der Waals surface area contributed by atoms with E-state index in [2.05, 4.69) is 24.3 Å². The van der Waals surface area contributed by atoms with E-state index in [0.29, 0.717) is 11.8 Å². The van der Waals surface area contributed by atoms with Gasteiger partial charge in [-0.2, -0.15) is 0 Å². The number of aliphatic hydroxyl groups excluding tert-OH is 2. The molecule has 0 bridgehead atoms. The molecule has 4 heteroatoms. The van der Waals surface area contributed by atoms with Crippen LogP contribution < -0.4 is 9.47 Å². The van der Waals surface area contributed by atoms with E-state index in [1.165, 1.54) is 11.1 Å². The molecular weight excluding hydrogens is 352 g/mol. The molecule has 0 unspecified atom stereocenters. The monoisotopic (exact) mass is 386 g/mol. The summed E-state index contributed by atoms with van der Waals surface area (Å²) in [6.07, 6.45) is 5.46. The molecule has 0 aliphatic heterocycles. The molecule has 0 spiro atoms. The maximum atomic E-state index is 9.70. The van der Waals surface area contributed by atoms with Gasteiger partial charge in [0.05, 0.1) is 14.2 Å². The molecule has 2 atom stereocenters. The van der Waals surface area contributed by atoms with Gasteiger partial charge >= 0.3 is 0 Å². The van der Waals surface area contributed by atoms with Crippen LogP contribution in [0.1, 0.15) is 36.8 Å². The van der Waals surface area contributed by atoms with E-state index in [1.54, 1.807) is 14.2 Å². The van der Waals surface area contributed by atoms with Crippen molar-refractivity contribution in [3.05, 3.63) is 59.7 Å². The van der Waals surface area contributed by atoms with Gasteiger partial charge in [-0.15, -0.1) is 0 Å². The van der Waals surface area contributed by atoms with Crippen molar-refractivity contribution in [1.29, 1.82) is 0 Å². The van der Waals surface area contributed by atoms with Crippen molar-refractivity contribution in [3.8, 4) is 11.5 Å². The molecule has 0 heterocycles. The topological polar surface area (TPSA) is 58.9 Å². The maximum absolute atomic E-state index is 9.70. The predicted octanol–water partition coefficient (Wildman–Crippen LogP) is 4.27. The van der Waals surface area contributed by atoms with Gasteiger partial charge in [0.25, 0.3) is 0 Å². The Balaban J connectivity index is 2.19. The molecule has 4 nitrogen and oxygen atoms in total.